The van der Waals surface area contributed by atoms with Crippen LogP contribution in [0.25, 0.3) is 0 Å². The van der Waals surface area contributed by atoms with Crippen LogP contribution in [0.5, 0.6) is 0 Å². The Balaban J connectivity index is 0.00000338. The lowest BCUT2D eigenvalue weighted by Crippen LogP contribution is -2.54. The van der Waals surface area contributed by atoms with Crippen LogP contribution in [0.4, 0.5) is 5.69 Å². The van der Waals surface area contributed by atoms with Gasteiger partial charge in [-0.3, -0.25) is 14.5 Å². The first-order valence-electron chi connectivity index (χ1n) is 8.48. The van der Waals surface area contributed by atoms with Crippen molar-refractivity contribution < 1.29 is 9.59 Å². The molecule has 0 radical (unpaired) electrons. The van der Waals surface area contributed by atoms with E-state index in [9.17, 15) is 9.59 Å². The molecule has 2 rings (SSSR count). The summed E-state index contributed by atoms with van der Waals surface area (Å²) < 4.78 is 0. The number of benzene rings is 1. The second kappa shape index (κ2) is 9.55. The fourth-order valence-electron chi connectivity index (χ4n) is 3.00. The number of anilines is 1. The number of carbonyl (C=O) groups is 2. The lowest BCUT2D eigenvalue weighted by molar-refractivity contribution is -0.125. The van der Waals surface area contributed by atoms with Crippen molar-refractivity contribution in [3.63, 3.8) is 0 Å². The summed E-state index contributed by atoms with van der Waals surface area (Å²) in [5, 5.41) is 6.02. The van der Waals surface area contributed by atoms with E-state index in [-0.39, 0.29) is 48.8 Å². The average molecular weight is 403 g/mol. The Labute approximate surface area is 166 Å². The fourth-order valence-corrected chi connectivity index (χ4v) is 3.17. The minimum Gasteiger partial charge on any atom is -0.346 e. The molecule has 0 aliphatic carbocycles. The first kappa shape index (κ1) is 22.7. The third kappa shape index (κ3) is 6.13. The van der Waals surface area contributed by atoms with Crippen LogP contribution in [0, 0.1) is 12.3 Å². The molecule has 1 atom stereocenters. The minimum absolute atomic E-state index is 0. The number of nitrogens with one attached hydrogen (secondary N) is 2. The molecule has 0 aromatic heterocycles. The van der Waals surface area contributed by atoms with Crippen LogP contribution >= 0.6 is 24.0 Å². The molecule has 1 aliphatic heterocycles. The summed E-state index contributed by atoms with van der Waals surface area (Å²) in [5.41, 5.74) is 7.55. The maximum absolute atomic E-state index is 12.1. The number of carbonyl (C=O) groups excluding carboxylic acids is 2. The smallest absolute Gasteiger partial charge is 0.243 e. The Kier molecular flexibility index (Phi) is 8.34. The monoisotopic (exact) mass is 402 g/mol. The molecule has 146 valence electrons. The van der Waals surface area contributed by atoms with E-state index in [1.54, 1.807) is 18.2 Å². The summed E-state index contributed by atoms with van der Waals surface area (Å²) in [6.45, 7) is 7.84. The van der Waals surface area contributed by atoms with Gasteiger partial charge in [-0.25, -0.2) is 0 Å². The van der Waals surface area contributed by atoms with Crippen LogP contribution in [0.1, 0.15) is 25.8 Å². The predicted octanol–water partition coefficient (Wildman–Crippen LogP) is 2.18. The number of amides is 2. The quantitative estimate of drug-likeness (QED) is 0.704. The van der Waals surface area contributed by atoms with Crippen LogP contribution in [0.3, 0.4) is 0 Å². The van der Waals surface area contributed by atoms with E-state index >= 15 is 0 Å². The van der Waals surface area contributed by atoms with Crippen molar-refractivity contribution in [1.82, 2.24) is 10.2 Å². The molecular weight excluding hydrogens is 375 g/mol. The molecule has 1 heterocycles. The van der Waals surface area contributed by atoms with Gasteiger partial charge in [0.2, 0.25) is 11.8 Å². The van der Waals surface area contributed by atoms with Crippen molar-refractivity contribution >= 4 is 41.5 Å². The molecule has 1 unspecified atom stereocenters. The molecule has 1 aliphatic rings. The first-order valence-corrected chi connectivity index (χ1v) is 8.86. The third-order valence-corrected chi connectivity index (χ3v) is 5.16. The Bertz CT molecular complexity index is 652. The molecule has 4 N–H and O–H groups in total. The van der Waals surface area contributed by atoms with Gasteiger partial charge in [0.15, 0.2) is 0 Å². The van der Waals surface area contributed by atoms with E-state index in [0.717, 1.165) is 25.1 Å². The molecule has 1 saturated heterocycles. The van der Waals surface area contributed by atoms with E-state index < -0.39 is 0 Å². The molecule has 1 fully saturated rings. The summed E-state index contributed by atoms with van der Waals surface area (Å²) in [5.74, 6) is -0.441. The van der Waals surface area contributed by atoms with Gasteiger partial charge in [-0.05, 0) is 36.5 Å². The number of halogens is 2. The lowest BCUT2D eigenvalue weighted by atomic mass is 9.80. The van der Waals surface area contributed by atoms with E-state index in [1.165, 1.54) is 0 Å². The summed E-state index contributed by atoms with van der Waals surface area (Å²) in [7, 11) is 0. The summed E-state index contributed by atoms with van der Waals surface area (Å²) in [6.07, 6.45) is 0.870. The van der Waals surface area contributed by atoms with E-state index in [2.05, 4.69) is 29.4 Å². The Hall–Kier alpha value is -1.34. The normalized spacial score (nSPS) is 19.3. The standard InChI is InChI=1S/C18H27ClN4O2.ClH/c1-12-13(19)5-4-6-14(12)22-16(24)9-21-17(25)10-23-8-7-15(20)18(2,3)11-23;/h4-6,15H,7-11,20H2,1-3H3,(H,21,25)(H,22,24);1H. The average Bonchev–Trinajstić information content (AvgIpc) is 2.53. The highest BCUT2D eigenvalue weighted by Gasteiger charge is 2.33. The highest BCUT2D eigenvalue weighted by Crippen LogP contribution is 2.27. The largest absolute Gasteiger partial charge is 0.346 e. The third-order valence-electron chi connectivity index (χ3n) is 4.75. The number of piperidine rings is 1. The SMILES string of the molecule is Cc1c(Cl)cccc1NC(=O)CNC(=O)CN1CCC(N)C(C)(C)C1.Cl. The highest BCUT2D eigenvalue weighted by molar-refractivity contribution is 6.31. The Morgan fingerprint density at radius 2 is 2.04 bits per heavy atom. The summed E-state index contributed by atoms with van der Waals surface area (Å²) in [6, 6.07) is 5.46. The van der Waals surface area contributed by atoms with Gasteiger partial charge in [0.25, 0.3) is 0 Å². The van der Waals surface area contributed by atoms with Gasteiger partial charge in [-0.15, -0.1) is 12.4 Å². The van der Waals surface area contributed by atoms with Crippen molar-refractivity contribution in [2.75, 3.05) is 31.5 Å². The maximum atomic E-state index is 12.1. The van der Waals surface area contributed by atoms with Crippen LogP contribution in [0.15, 0.2) is 18.2 Å². The van der Waals surface area contributed by atoms with Gasteiger partial charge in [0.1, 0.15) is 0 Å². The number of nitrogens with two attached hydrogens (primary N) is 1. The Morgan fingerprint density at radius 1 is 1.35 bits per heavy atom. The van der Waals surface area contributed by atoms with Gasteiger partial charge in [0.05, 0.1) is 13.1 Å². The molecule has 0 bridgehead atoms. The zero-order valence-corrected chi connectivity index (χ0v) is 17.0. The second-order valence-electron chi connectivity index (χ2n) is 7.33. The number of likely N-dealkylation sites (tertiary alicyclic amines) is 1. The molecule has 0 saturated carbocycles. The van der Waals surface area contributed by atoms with Crippen LogP contribution in [-0.4, -0.2) is 48.9 Å². The molecule has 1 aromatic rings. The topological polar surface area (TPSA) is 87.5 Å². The summed E-state index contributed by atoms with van der Waals surface area (Å²) in [4.78, 5) is 26.2. The molecule has 2 amide bonds. The van der Waals surface area contributed by atoms with Gasteiger partial charge < -0.3 is 16.4 Å². The Morgan fingerprint density at radius 3 is 2.69 bits per heavy atom. The summed E-state index contributed by atoms with van der Waals surface area (Å²) >= 11 is 6.03. The maximum Gasteiger partial charge on any atom is 0.243 e. The van der Waals surface area contributed by atoms with Crippen molar-refractivity contribution in [3.8, 4) is 0 Å². The van der Waals surface area contributed by atoms with Crippen LogP contribution in [-0.2, 0) is 9.59 Å². The number of rotatable bonds is 5. The van der Waals surface area contributed by atoms with Crippen LogP contribution in [0.2, 0.25) is 5.02 Å². The number of hydrogen-bond acceptors (Lipinski definition) is 4. The zero-order chi connectivity index (χ0) is 18.6. The molecule has 0 spiro atoms. The van der Waals surface area contributed by atoms with Gasteiger partial charge >= 0.3 is 0 Å². The second-order valence-corrected chi connectivity index (χ2v) is 7.74. The van der Waals surface area contributed by atoms with Gasteiger partial charge in [0, 0.05) is 29.8 Å². The zero-order valence-electron chi connectivity index (χ0n) is 15.5. The molecular formula is C18H28Cl2N4O2. The minimum atomic E-state index is -0.278. The predicted molar refractivity (Wildman–Crippen MR) is 108 cm³/mol. The lowest BCUT2D eigenvalue weighted by Gasteiger charge is -2.42. The van der Waals surface area contributed by atoms with Gasteiger partial charge in [-0.1, -0.05) is 31.5 Å². The first-order chi connectivity index (χ1) is 11.7. The van der Waals surface area contributed by atoms with Crippen molar-refractivity contribution in [2.45, 2.75) is 33.2 Å². The molecule has 1 aromatic carbocycles. The van der Waals surface area contributed by atoms with Crippen LogP contribution < -0.4 is 16.4 Å². The van der Waals surface area contributed by atoms with Gasteiger partial charge in [-0.2, -0.15) is 0 Å². The van der Waals surface area contributed by atoms with Crippen molar-refractivity contribution in [3.05, 3.63) is 28.8 Å². The van der Waals surface area contributed by atoms with E-state index in [0.29, 0.717) is 10.7 Å². The fraction of sp³-hybridized carbons (Fsp3) is 0.556. The van der Waals surface area contributed by atoms with E-state index in [1.807, 2.05) is 6.92 Å². The molecule has 26 heavy (non-hydrogen) atoms. The van der Waals surface area contributed by atoms with Crippen molar-refractivity contribution in [2.24, 2.45) is 11.1 Å². The number of nitrogens with zero attached hydrogens (tertiary/aromatic N) is 1. The van der Waals surface area contributed by atoms with E-state index in [4.69, 9.17) is 17.3 Å². The molecule has 6 nitrogen and oxygen atoms in total. The molecule has 8 heteroatoms. The number of hydrogen-bond donors (Lipinski definition) is 3. The van der Waals surface area contributed by atoms with Crippen molar-refractivity contribution in [1.29, 1.82) is 0 Å². The highest BCUT2D eigenvalue weighted by atomic mass is 35.5.